The standard InChI is InChI=1S/C15H21ClN2O/c1-12(2)17-7-9-18(10-8-17)15(19)14-5-3-13(11-16)4-6-14/h3-6,12H,7-11H2,1-2H3. The Morgan fingerprint density at radius 1 is 1.16 bits per heavy atom. The second-order valence-corrected chi connectivity index (χ2v) is 5.52. The van der Waals surface area contributed by atoms with Crippen LogP contribution in [0.5, 0.6) is 0 Å². The molecule has 0 spiro atoms. The van der Waals surface area contributed by atoms with Gasteiger partial charge in [0.1, 0.15) is 0 Å². The Bertz CT molecular complexity index is 422. The maximum Gasteiger partial charge on any atom is 0.253 e. The molecule has 1 fully saturated rings. The average Bonchev–Trinajstić information content (AvgIpc) is 2.46. The van der Waals surface area contributed by atoms with E-state index in [4.69, 9.17) is 11.6 Å². The summed E-state index contributed by atoms with van der Waals surface area (Å²) in [6.45, 7) is 7.94. The summed E-state index contributed by atoms with van der Waals surface area (Å²) in [4.78, 5) is 16.7. The molecule has 104 valence electrons. The van der Waals surface area contributed by atoms with E-state index in [1.807, 2.05) is 29.2 Å². The third-order valence-electron chi connectivity index (χ3n) is 3.69. The largest absolute Gasteiger partial charge is 0.336 e. The first-order valence-corrected chi connectivity index (χ1v) is 7.33. The molecule has 1 aliphatic rings. The molecule has 4 heteroatoms. The number of alkyl halides is 1. The van der Waals surface area contributed by atoms with Gasteiger partial charge in [0.15, 0.2) is 0 Å². The predicted octanol–water partition coefficient (Wildman–Crippen LogP) is 2.59. The SMILES string of the molecule is CC(C)N1CCN(C(=O)c2ccc(CCl)cc2)CC1. The van der Waals surface area contributed by atoms with Gasteiger partial charge in [-0.2, -0.15) is 0 Å². The number of benzene rings is 1. The average molecular weight is 281 g/mol. The van der Waals surface area contributed by atoms with Gasteiger partial charge >= 0.3 is 0 Å². The number of hydrogen-bond donors (Lipinski definition) is 0. The van der Waals surface area contributed by atoms with Crippen molar-refractivity contribution < 1.29 is 4.79 Å². The molecule has 19 heavy (non-hydrogen) atoms. The molecule has 0 bridgehead atoms. The molecule has 0 unspecified atom stereocenters. The van der Waals surface area contributed by atoms with E-state index < -0.39 is 0 Å². The van der Waals surface area contributed by atoms with Crippen molar-refractivity contribution in [2.45, 2.75) is 25.8 Å². The van der Waals surface area contributed by atoms with Crippen LogP contribution in [0.2, 0.25) is 0 Å². The lowest BCUT2D eigenvalue weighted by Gasteiger charge is -2.37. The summed E-state index contributed by atoms with van der Waals surface area (Å²) in [5.41, 5.74) is 1.80. The van der Waals surface area contributed by atoms with E-state index in [1.54, 1.807) is 0 Å². The molecule has 0 N–H and O–H groups in total. The molecule has 0 saturated carbocycles. The molecule has 1 saturated heterocycles. The molecule has 3 nitrogen and oxygen atoms in total. The Labute approximate surface area is 120 Å². The monoisotopic (exact) mass is 280 g/mol. The van der Waals surface area contributed by atoms with Crippen molar-refractivity contribution in [2.75, 3.05) is 26.2 Å². The normalized spacial score (nSPS) is 16.9. The van der Waals surface area contributed by atoms with Crippen LogP contribution < -0.4 is 0 Å². The summed E-state index contributed by atoms with van der Waals surface area (Å²) < 4.78 is 0. The zero-order valence-corrected chi connectivity index (χ0v) is 12.4. The lowest BCUT2D eigenvalue weighted by Crippen LogP contribution is -2.50. The molecule has 0 atom stereocenters. The van der Waals surface area contributed by atoms with Crippen LogP contribution in [-0.4, -0.2) is 47.9 Å². The van der Waals surface area contributed by atoms with Crippen molar-refractivity contribution in [3.05, 3.63) is 35.4 Å². The van der Waals surface area contributed by atoms with Gasteiger partial charge in [-0.25, -0.2) is 0 Å². The van der Waals surface area contributed by atoms with Gasteiger partial charge < -0.3 is 4.90 Å². The highest BCUT2D eigenvalue weighted by Crippen LogP contribution is 2.12. The number of amides is 1. The first kappa shape index (κ1) is 14.4. The van der Waals surface area contributed by atoms with E-state index in [-0.39, 0.29) is 5.91 Å². The highest BCUT2D eigenvalue weighted by atomic mass is 35.5. The molecule has 1 aromatic carbocycles. The molecule has 0 aromatic heterocycles. The fraction of sp³-hybridized carbons (Fsp3) is 0.533. The van der Waals surface area contributed by atoms with Crippen molar-refractivity contribution in [2.24, 2.45) is 0 Å². The second-order valence-electron chi connectivity index (χ2n) is 5.25. The van der Waals surface area contributed by atoms with Crippen molar-refractivity contribution in [1.29, 1.82) is 0 Å². The summed E-state index contributed by atoms with van der Waals surface area (Å²) in [5.74, 6) is 0.617. The minimum atomic E-state index is 0.129. The zero-order valence-electron chi connectivity index (χ0n) is 11.6. The van der Waals surface area contributed by atoms with E-state index in [0.717, 1.165) is 37.3 Å². The quantitative estimate of drug-likeness (QED) is 0.795. The first-order chi connectivity index (χ1) is 9.11. The summed E-state index contributed by atoms with van der Waals surface area (Å²) >= 11 is 5.75. The van der Waals surface area contributed by atoms with Gasteiger partial charge in [0, 0.05) is 43.7 Å². The van der Waals surface area contributed by atoms with Crippen molar-refractivity contribution in [3.63, 3.8) is 0 Å². The van der Waals surface area contributed by atoms with Crippen LogP contribution in [0.4, 0.5) is 0 Å². The number of hydrogen-bond acceptors (Lipinski definition) is 2. The fourth-order valence-electron chi connectivity index (χ4n) is 2.36. The fourth-order valence-corrected chi connectivity index (χ4v) is 2.54. The summed E-state index contributed by atoms with van der Waals surface area (Å²) in [5, 5.41) is 0. The predicted molar refractivity (Wildman–Crippen MR) is 78.6 cm³/mol. The van der Waals surface area contributed by atoms with Gasteiger partial charge in [-0.05, 0) is 31.5 Å². The maximum absolute atomic E-state index is 12.4. The molecule has 0 radical (unpaired) electrons. The van der Waals surface area contributed by atoms with Crippen LogP contribution in [0.15, 0.2) is 24.3 Å². The summed E-state index contributed by atoms with van der Waals surface area (Å²) in [7, 11) is 0. The van der Waals surface area contributed by atoms with E-state index in [9.17, 15) is 4.79 Å². The molecule has 2 rings (SSSR count). The molecule has 1 aromatic rings. The highest BCUT2D eigenvalue weighted by molar-refractivity contribution is 6.17. The Hall–Kier alpha value is -1.06. The molecular formula is C15H21ClN2O. The van der Waals surface area contributed by atoms with Crippen molar-refractivity contribution in [1.82, 2.24) is 9.80 Å². The molecular weight excluding hydrogens is 260 g/mol. The van der Waals surface area contributed by atoms with E-state index in [0.29, 0.717) is 11.9 Å². The lowest BCUT2D eigenvalue weighted by molar-refractivity contribution is 0.0595. The number of halogens is 1. The van der Waals surface area contributed by atoms with Gasteiger partial charge in [-0.3, -0.25) is 9.69 Å². The van der Waals surface area contributed by atoms with Crippen molar-refractivity contribution >= 4 is 17.5 Å². The maximum atomic E-state index is 12.4. The van der Waals surface area contributed by atoms with Gasteiger partial charge in [0.2, 0.25) is 0 Å². The van der Waals surface area contributed by atoms with Crippen LogP contribution in [0.1, 0.15) is 29.8 Å². The Morgan fingerprint density at radius 2 is 1.74 bits per heavy atom. The topological polar surface area (TPSA) is 23.6 Å². The number of carbonyl (C=O) groups is 1. The smallest absolute Gasteiger partial charge is 0.253 e. The number of carbonyl (C=O) groups excluding carboxylic acids is 1. The number of piperazine rings is 1. The van der Waals surface area contributed by atoms with Crippen molar-refractivity contribution in [3.8, 4) is 0 Å². The van der Waals surface area contributed by atoms with Gasteiger partial charge in [0.05, 0.1) is 0 Å². The first-order valence-electron chi connectivity index (χ1n) is 6.80. The van der Waals surface area contributed by atoms with Crippen LogP contribution in [0, 0.1) is 0 Å². The summed E-state index contributed by atoms with van der Waals surface area (Å²) in [6.07, 6.45) is 0. The minimum Gasteiger partial charge on any atom is -0.336 e. The lowest BCUT2D eigenvalue weighted by atomic mass is 10.1. The Kier molecular flexibility index (Phi) is 4.83. The van der Waals surface area contributed by atoms with E-state index in [2.05, 4.69) is 18.7 Å². The number of rotatable bonds is 3. The van der Waals surface area contributed by atoms with Gasteiger partial charge in [-0.15, -0.1) is 11.6 Å². The van der Waals surface area contributed by atoms with Crippen LogP contribution >= 0.6 is 11.6 Å². The van der Waals surface area contributed by atoms with Crippen LogP contribution in [0.3, 0.4) is 0 Å². The zero-order chi connectivity index (χ0) is 13.8. The second kappa shape index (κ2) is 6.40. The number of nitrogens with zero attached hydrogens (tertiary/aromatic N) is 2. The van der Waals surface area contributed by atoms with Crippen LogP contribution in [0.25, 0.3) is 0 Å². The summed E-state index contributed by atoms with van der Waals surface area (Å²) in [6, 6.07) is 8.14. The van der Waals surface area contributed by atoms with E-state index >= 15 is 0 Å². The van der Waals surface area contributed by atoms with Crippen LogP contribution in [-0.2, 0) is 5.88 Å². The Balaban J connectivity index is 1.97. The molecule has 1 heterocycles. The molecule has 1 aliphatic heterocycles. The van der Waals surface area contributed by atoms with Gasteiger partial charge in [-0.1, -0.05) is 12.1 Å². The van der Waals surface area contributed by atoms with Gasteiger partial charge in [0.25, 0.3) is 5.91 Å². The minimum absolute atomic E-state index is 0.129. The third-order valence-corrected chi connectivity index (χ3v) is 4.00. The van der Waals surface area contributed by atoms with E-state index in [1.165, 1.54) is 0 Å². The molecule has 0 aliphatic carbocycles. The third kappa shape index (κ3) is 3.48. The molecule has 1 amide bonds. The highest BCUT2D eigenvalue weighted by Gasteiger charge is 2.23. The Morgan fingerprint density at radius 3 is 2.21 bits per heavy atom.